The summed E-state index contributed by atoms with van der Waals surface area (Å²) in [4.78, 5) is 31.5. The van der Waals surface area contributed by atoms with E-state index in [1.54, 1.807) is 23.7 Å². The van der Waals surface area contributed by atoms with Crippen molar-refractivity contribution in [3.63, 3.8) is 0 Å². The number of aromatic nitrogens is 4. The molecule has 0 N–H and O–H groups in total. The molecule has 1 aliphatic carbocycles. The predicted octanol–water partition coefficient (Wildman–Crippen LogP) is 2.92. The number of hydrogen-bond donors (Lipinski definition) is 0. The van der Waals surface area contributed by atoms with Crippen LogP contribution in [0.5, 0.6) is 0 Å². The van der Waals surface area contributed by atoms with Crippen molar-refractivity contribution in [1.82, 2.24) is 23.4 Å². The molecular formula is C30H31N7O6S2. The molecule has 1 fully saturated rings. The van der Waals surface area contributed by atoms with Crippen molar-refractivity contribution in [3.05, 3.63) is 95.5 Å². The number of nitrogens with zero attached hydrogens (tertiary/aromatic N) is 7. The summed E-state index contributed by atoms with van der Waals surface area (Å²) >= 11 is 0. The van der Waals surface area contributed by atoms with Crippen LogP contribution in [0, 0.1) is 6.92 Å². The van der Waals surface area contributed by atoms with Gasteiger partial charge in [0.1, 0.15) is 0 Å². The standard InChI is InChI=1S/C30H31N7O6S2/c1-19-12-14-21(15-13-19)45(41,42)36-17-16-31-27(36)25(43-44(3,39)40)28-33-26-24(35(28)18-20-8-5-4-6-9-20)29(38)34(2)30-32-22-10-7-11-23(22)37(26)30/h4-6,8-9,12-17,22-23,25H,7,10-11,18H2,1-3H3/t22-,23+,25?/m1/s1. The zero-order valence-corrected chi connectivity index (χ0v) is 26.4. The Morgan fingerprint density at radius 1 is 1.00 bits per heavy atom. The summed E-state index contributed by atoms with van der Waals surface area (Å²) < 4.78 is 61.5. The van der Waals surface area contributed by atoms with Crippen LogP contribution in [0.25, 0.3) is 0 Å². The molecule has 3 aliphatic rings. The van der Waals surface area contributed by atoms with Gasteiger partial charge in [-0.15, -0.1) is 0 Å². The lowest BCUT2D eigenvalue weighted by Crippen LogP contribution is -2.51. The number of guanidine groups is 1. The van der Waals surface area contributed by atoms with E-state index in [2.05, 4.69) is 4.98 Å². The number of amides is 1. The van der Waals surface area contributed by atoms with E-state index in [1.165, 1.54) is 29.4 Å². The number of carbonyl (C=O) groups is 1. The number of aliphatic imine (C=N–C) groups is 1. The van der Waals surface area contributed by atoms with Gasteiger partial charge in [0.15, 0.2) is 29.3 Å². The Balaban J connectivity index is 1.46. The molecule has 2 aromatic heterocycles. The lowest BCUT2D eigenvalue weighted by Gasteiger charge is -2.34. The van der Waals surface area contributed by atoms with E-state index in [-0.39, 0.29) is 46.8 Å². The molecule has 2 aromatic carbocycles. The summed E-state index contributed by atoms with van der Waals surface area (Å²) in [5, 5.41) is 0. The number of benzene rings is 2. The fraction of sp³-hybridized carbons (Fsp3) is 0.333. The van der Waals surface area contributed by atoms with Crippen LogP contribution in [0.3, 0.4) is 0 Å². The number of rotatable bonds is 8. The normalized spacial score (nSPS) is 20.2. The minimum Gasteiger partial charge on any atom is -0.315 e. The number of carbonyl (C=O) groups excluding carboxylic acids is 1. The van der Waals surface area contributed by atoms with Gasteiger partial charge in [0.2, 0.25) is 5.96 Å². The molecule has 45 heavy (non-hydrogen) atoms. The van der Waals surface area contributed by atoms with Crippen molar-refractivity contribution in [2.75, 3.05) is 18.2 Å². The zero-order chi connectivity index (χ0) is 31.7. The third-order valence-corrected chi connectivity index (χ3v) is 10.7. The highest BCUT2D eigenvalue weighted by Gasteiger charge is 2.50. The van der Waals surface area contributed by atoms with Gasteiger partial charge < -0.3 is 4.57 Å². The Labute approximate surface area is 261 Å². The first-order chi connectivity index (χ1) is 21.4. The van der Waals surface area contributed by atoms with Crippen molar-refractivity contribution in [2.45, 2.75) is 55.8 Å². The first-order valence-electron chi connectivity index (χ1n) is 14.5. The molecule has 0 saturated heterocycles. The maximum atomic E-state index is 14.0. The predicted molar refractivity (Wildman–Crippen MR) is 165 cm³/mol. The summed E-state index contributed by atoms with van der Waals surface area (Å²) in [6, 6.07) is 15.6. The van der Waals surface area contributed by atoms with E-state index in [4.69, 9.17) is 14.2 Å². The summed E-state index contributed by atoms with van der Waals surface area (Å²) in [5.41, 5.74) is 1.91. The molecular weight excluding hydrogens is 619 g/mol. The number of hydrogen-bond acceptors (Lipinski definition) is 10. The number of imidazole rings is 2. The van der Waals surface area contributed by atoms with Crippen LogP contribution in [-0.2, 0) is 30.9 Å². The zero-order valence-electron chi connectivity index (χ0n) is 24.8. The highest BCUT2D eigenvalue weighted by atomic mass is 32.2. The molecule has 1 amide bonds. The van der Waals surface area contributed by atoms with Crippen molar-refractivity contribution in [3.8, 4) is 0 Å². The van der Waals surface area contributed by atoms with Crippen LogP contribution >= 0.6 is 0 Å². The summed E-state index contributed by atoms with van der Waals surface area (Å²) in [6.07, 6.45) is 4.46. The average Bonchev–Trinajstić information content (AvgIpc) is 3.79. The van der Waals surface area contributed by atoms with Gasteiger partial charge in [-0.1, -0.05) is 48.0 Å². The van der Waals surface area contributed by atoms with Crippen molar-refractivity contribution in [1.29, 1.82) is 0 Å². The number of fused-ring (bicyclic) bond motifs is 5. The number of aryl methyl sites for hydroxylation is 1. The van der Waals surface area contributed by atoms with Crippen molar-refractivity contribution < 1.29 is 25.8 Å². The van der Waals surface area contributed by atoms with E-state index in [9.17, 15) is 21.6 Å². The molecule has 4 aromatic rings. The number of anilines is 1. The maximum Gasteiger partial charge on any atom is 0.280 e. The van der Waals surface area contributed by atoms with Crippen molar-refractivity contribution >= 4 is 37.8 Å². The summed E-state index contributed by atoms with van der Waals surface area (Å²) in [7, 11) is -6.79. The minimum atomic E-state index is -4.23. The lowest BCUT2D eigenvalue weighted by molar-refractivity contribution is 0.0854. The van der Waals surface area contributed by atoms with Crippen LogP contribution in [0.4, 0.5) is 5.82 Å². The third-order valence-electron chi connectivity index (χ3n) is 8.42. The van der Waals surface area contributed by atoms with Crippen LogP contribution < -0.4 is 4.90 Å². The van der Waals surface area contributed by atoms with E-state index >= 15 is 0 Å². The highest BCUT2D eigenvalue weighted by molar-refractivity contribution is 7.90. The third kappa shape index (κ3) is 4.94. The fourth-order valence-electron chi connectivity index (χ4n) is 6.33. The van der Waals surface area contributed by atoms with Gasteiger partial charge in [-0.05, 0) is 43.9 Å². The average molecular weight is 650 g/mol. The summed E-state index contributed by atoms with van der Waals surface area (Å²) in [6.45, 7) is 1.97. The van der Waals surface area contributed by atoms with Crippen LogP contribution in [0.15, 0.2) is 76.9 Å². The molecule has 0 radical (unpaired) electrons. The molecule has 7 rings (SSSR count). The van der Waals surface area contributed by atoms with Gasteiger partial charge in [-0.2, -0.15) is 8.42 Å². The molecule has 13 nitrogen and oxygen atoms in total. The van der Waals surface area contributed by atoms with E-state index in [0.29, 0.717) is 11.8 Å². The Morgan fingerprint density at radius 2 is 1.73 bits per heavy atom. The largest absolute Gasteiger partial charge is 0.315 e. The molecule has 0 spiro atoms. The van der Waals surface area contributed by atoms with Gasteiger partial charge in [-0.3, -0.25) is 18.8 Å². The quantitative estimate of drug-likeness (QED) is 0.263. The fourth-order valence-corrected chi connectivity index (χ4v) is 8.17. The molecule has 2 aliphatic heterocycles. The van der Waals surface area contributed by atoms with Crippen LogP contribution in [-0.4, -0.2) is 77.5 Å². The Hall–Kier alpha value is -4.34. The lowest BCUT2D eigenvalue weighted by atomic mass is 10.1. The second-order valence-corrected chi connectivity index (χ2v) is 14.9. The van der Waals surface area contributed by atoms with Gasteiger partial charge >= 0.3 is 0 Å². The van der Waals surface area contributed by atoms with Gasteiger partial charge in [0, 0.05) is 26.0 Å². The molecule has 4 heterocycles. The molecule has 1 unspecified atom stereocenters. The molecule has 15 heteroatoms. The van der Waals surface area contributed by atoms with Gasteiger partial charge in [0.25, 0.3) is 26.0 Å². The van der Waals surface area contributed by atoms with Crippen molar-refractivity contribution in [2.24, 2.45) is 4.99 Å². The second-order valence-electron chi connectivity index (χ2n) is 11.5. The van der Waals surface area contributed by atoms with Gasteiger partial charge in [-0.25, -0.2) is 27.4 Å². The molecule has 234 valence electrons. The SMILES string of the molecule is Cc1ccc(S(=O)(=O)n2ccnc2C(OS(C)(=O)=O)c2nc3c(n2Cc2ccccc2)C(=O)N(C)C2=N[C@@H]4CCC[C@@H]4N23)cc1. The Kier molecular flexibility index (Phi) is 6.94. The maximum absolute atomic E-state index is 14.0. The molecule has 3 atom stereocenters. The highest BCUT2D eigenvalue weighted by Crippen LogP contribution is 2.42. The topological polar surface area (TPSA) is 149 Å². The second kappa shape index (κ2) is 10.6. The minimum absolute atomic E-state index is 0.00513. The Bertz CT molecular complexity index is 2050. The first kappa shape index (κ1) is 29.4. The van der Waals surface area contributed by atoms with Crippen LogP contribution in [0.1, 0.15) is 58.6 Å². The van der Waals surface area contributed by atoms with E-state index in [1.807, 2.05) is 42.2 Å². The Morgan fingerprint density at radius 3 is 2.44 bits per heavy atom. The van der Waals surface area contributed by atoms with E-state index in [0.717, 1.165) is 40.6 Å². The monoisotopic (exact) mass is 649 g/mol. The summed E-state index contributed by atoms with van der Waals surface area (Å²) in [5.74, 6) is 0.238. The van der Waals surface area contributed by atoms with E-state index < -0.39 is 26.2 Å². The first-order valence-corrected chi connectivity index (χ1v) is 17.7. The molecule has 0 bridgehead atoms. The molecule has 1 saturated carbocycles. The van der Waals surface area contributed by atoms with Crippen LogP contribution in [0.2, 0.25) is 0 Å². The van der Waals surface area contributed by atoms with Gasteiger partial charge in [0.05, 0.1) is 23.2 Å². The smallest absolute Gasteiger partial charge is 0.280 e.